The fraction of sp³-hybridized carbons (Fsp3) is 0.250. The summed E-state index contributed by atoms with van der Waals surface area (Å²) in [6.45, 7) is 3.53. The minimum atomic E-state index is -1.01. The molecule has 6 heteroatoms. The summed E-state index contributed by atoms with van der Waals surface area (Å²) >= 11 is 0. The largest absolute Gasteiger partial charge is 0.478 e. The summed E-state index contributed by atoms with van der Waals surface area (Å²) in [4.78, 5) is 34.8. The Morgan fingerprint density at radius 3 is 2.27 bits per heavy atom. The van der Waals surface area contributed by atoms with Crippen molar-refractivity contribution in [2.75, 3.05) is 11.9 Å². The standard InChI is InChI=1S/C20H22N2O4/c1-13-3-5-15(6-4-13)7-10-18(23)21-12-19(24)22-16-8-9-17(20(25)26)14(2)11-16/h3-6,8-9,11H,7,10,12H2,1-2H3,(H,21,23)(H,22,24)(H,25,26). The minimum absolute atomic E-state index is 0.132. The number of nitrogens with one attached hydrogen (secondary N) is 2. The summed E-state index contributed by atoms with van der Waals surface area (Å²) in [5.74, 6) is -1.57. The third-order valence-electron chi connectivity index (χ3n) is 3.95. The van der Waals surface area contributed by atoms with Crippen molar-refractivity contribution in [2.45, 2.75) is 26.7 Å². The molecular weight excluding hydrogens is 332 g/mol. The van der Waals surface area contributed by atoms with Gasteiger partial charge in [-0.3, -0.25) is 9.59 Å². The molecule has 2 amide bonds. The van der Waals surface area contributed by atoms with Crippen LogP contribution >= 0.6 is 0 Å². The van der Waals surface area contributed by atoms with Gasteiger partial charge in [0.2, 0.25) is 11.8 Å². The molecule has 0 heterocycles. The molecule has 26 heavy (non-hydrogen) atoms. The van der Waals surface area contributed by atoms with E-state index in [0.717, 1.165) is 5.56 Å². The van der Waals surface area contributed by atoms with E-state index in [-0.39, 0.29) is 23.9 Å². The first kappa shape index (κ1) is 19.2. The SMILES string of the molecule is Cc1ccc(CCC(=O)NCC(=O)Nc2ccc(C(=O)O)c(C)c2)cc1. The van der Waals surface area contributed by atoms with Gasteiger partial charge in [-0.25, -0.2) is 4.79 Å². The predicted molar refractivity (Wildman–Crippen MR) is 99.3 cm³/mol. The lowest BCUT2D eigenvalue weighted by Gasteiger charge is -2.09. The topological polar surface area (TPSA) is 95.5 Å². The third-order valence-corrected chi connectivity index (χ3v) is 3.95. The van der Waals surface area contributed by atoms with Crippen LogP contribution in [0.2, 0.25) is 0 Å². The van der Waals surface area contributed by atoms with E-state index in [1.807, 2.05) is 31.2 Å². The molecule has 0 spiro atoms. The molecule has 0 aliphatic carbocycles. The summed E-state index contributed by atoms with van der Waals surface area (Å²) in [5.41, 5.74) is 3.47. The van der Waals surface area contributed by atoms with Gasteiger partial charge in [0.05, 0.1) is 12.1 Å². The molecule has 0 saturated heterocycles. The van der Waals surface area contributed by atoms with Gasteiger partial charge < -0.3 is 15.7 Å². The van der Waals surface area contributed by atoms with Crippen LogP contribution in [0.15, 0.2) is 42.5 Å². The number of anilines is 1. The highest BCUT2D eigenvalue weighted by atomic mass is 16.4. The van der Waals surface area contributed by atoms with E-state index in [1.165, 1.54) is 17.7 Å². The highest BCUT2D eigenvalue weighted by molar-refractivity contribution is 5.95. The fourth-order valence-electron chi connectivity index (χ4n) is 2.47. The Balaban J connectivity index is 1.77. The second-order valence-electron chi connectivity index (χ2n) is 6.15. The van der Waals surface area contributed by atoms with Crippen LogP contribution in [0.4, 0.5) is 5.69 Å². The summed E-state index contributed by atoms with van der Waals surface area (Å²) in [6.07, 6.45) is 0.923. The first-order valence-corrected chi connectivity index (χ1v) is 8.31. The number of aromatic carboxylic acids is 1. The van der Waals surface area contributed by atoms with Gasteiger partial charge >= 0.3 is 5.97 Å². The molecule has 0 aromatic heterocycles. The van der Waals surface area contributed by atoms with Gasteiger partial charge in [-0.1, -0.05) is 29.8 Å². The van der Waals surface area contributed by atoms with E-state index in [2.05, 4.69) is 10.6 Å². The highest BCUT2D eigenvalue weighted by Gasteiger charge is 2.10. The number of aryl methyl sites for hydroxylation is 3. The number of amides is 2. The number of carboxylic acid groups (broad SMARTS) is 1. The van der Waals surface area contributed by atoms with E-state index in [1.54, 1.807) is 13.0 Å². The number of hydrogen-bond acceptors (Lipinski definition) is 3. The Hall–Kier alpha value is -3.15. The average molecular weight is 354 g/mol. The maximum atomic E-state index is 11.9. The van der Waals surface area contributed by atoms with Crippen LogP contribution in [0.3, 0.4) is 0 Å². The van der Waals surface area contributed by atoms with E-state index in [9.17, 15) is 14.4 Å². The maximum absolute atomic E-state index is 11.9. The van der Waals surface area contributed by atoms with Crippen molar-refractivity contribution in [2.24, 2.45) is 0 Å². The maximum Gasteiger partial charge on any atom is 0.335 e. The summed E-state index contributed by atoms with van der Waals surface area (Å²) in [6, 6.07) is 12.5. The van der Waals surface area contributed by atoms with Crippen LogP contribution in [0.5, 0.6) is 0 Å². The summed E-state index contributed by atoms with van der Waals surface area (Å²) in [7, 11) is 0. The van der Waals surface area contributed by atoms with Crippen LogP contribution in [-0.2, 0) is 16.0 Å². The van der Waals surface area contributed by atoms with Crippen molar-refractivity contribution in [3.63, 3.8) is 0 Å². The molecule has 0 atom stereocenters. The highest BCUT2D eigenvalue weighted by Crippen LogP contribution is 2.15. The molecule has 0 bridgehead atoms. The predicted octanol–water partition coefficient (Wildman–Crippen LogP) is 2.69. The molecule has 0 fully saturated rings. The Morgan fingerprint density at radius 2 is 1.65 bits per heavy atom. The van der Waals surface area contributed by atoms with E-state index < -0.39 is 5.97 Å². The number of carboxylic acids is 1. The van der Waals surface area contributed by atoms with Gasteiger partial charge in [0.1, 0.15) is 0 Å². The van der Waals surface area contributed by atoms with Crippen molar-refractivity contribution >= 4 is 23.5 Å². The average Bonchev–Trinajstić information content (AvgIpc) is 2.59. The van der Waals surface area contributed by atoms with Crippen molar-refractivity contribution in [3.8, 4) is 0 Å². The third kappa shape index (κ3) is 5.73. The molecule has 2 aromatic rings. The van der Waals surface area contributed by atoms with Crippen LogP contribution in [0, 0.1) is 13.8 Å². The molecule has 2 rings (SSSR count). The van der Waals surface area contributed by atoms with Gasteiger partial charge in [0, 0.05) is 12.1 Å². The van der Waals surface area contributed by atoms with Crippen LogP contribution in [0.1, 0.15) is 33.5 Å². The monoisotopic (exact) mass is 354 g/mol. The smallest absolute Gasteiger partial charge is 0.335 e. The van der Waals surface area contributed by atoms with Crippen LogP contribution in [-0.4, -0.2) is 29.4 Å². The lowest BCUT2D eigenvalue weighted by Crippen LogP contribution is -2.33. The minimum Gasteiger partial charge on any atom is -0.478 e. The number of carbonyl (C=O) groups excluding carboxylic acids is 2. The van der Waals surface area contributed by atoms with E-state index in [4.69, 9.17) is 5.11 Å². The van der Waals surface area contributed by atoms with Crippen molar-refractivity contribution in [1.82, 2.24) is 5.32 Å². The first-order valence-electron chi connectivity index (χ1n) is 8.31. The molecule has 0 aliphatic heterocycles. The quantitative estimate of drug-likeness (QED) is 0.712. The van der Waals surface area contributed by atoms with E-state index >= 15 is 0 Å². The lowest BCUT2D eigenvalue weighted by molar-refractivity contribution is -0.124. The van der Waals surface area contributed by atoms with Gasteiger partial charge in [0.15, 0.2) is 0 Å². The molecule has 136 valence electrons. The Bertz CT molecular complexity index is 813. The second kappa shape index (κ2) is 8.80. The van der Waals surface area contributed by atoms with Gasteiger partial charge in [-0.2, -0.15) is 0 Å². The summed E-state index contributed by atoms with van der Waals surface area (Å²) < 4.78 is 0. The Morgan fingerprint density at radius 1 is 0.962 bits per heavy atom. The van der Waals surface area contributed by atoms with Crippen LogP contribution in [0.25, 0.3) is 0 Å². The molecule has 6 nitrogen and oxygen atoms in total. The zero-order valence-electron chi connectivity index (χ0n) is 14.8. The second-order valence-corrected chi connectivity index (χ2v) is 6.15. The number of rotatable bonds is 7. The van der Waals surface area contributed by atoms with Gasteiger partial charge in [-0.15, -0.1) is 0 Å². The lowest BCUT2D eigenvalue weighted by atomic mass is 10.1. The van der Waals surface area contributed by atoms with E-state index in [0.29, 0.717) is 24.1 Å². The van der Waals surface area contributed by atoms with Gasteiger partial charge in [0.25, 0.3) is 0 Å². The normalized spacial score (nSPS) is 10.2. The number of benzene rings is 2. The zero-order chi connectivity index (χ0) is 19.1. The molecule has 0 aliphatic rings. The van der Waals surface area contributed by atoms with Crippen LogP contribution < -0.4 is 10.6 Å². The Labute approximate surface area is 152 Å². The molecule has 2 aromatic carbocycles. The molecule has 3 N–H and O–H groups in total. The molecule has 0 radical (unpaired) electrons. The summed E-state index contributed by atoms with van der Waals surface area (Å²) in [5, 5.41) is 14.2. The fourth-order valence-corrected chi connectivity index (χ4v) is 2.47. The van der Waals surface area contributed by atoms with Gasteiger partial charge in [-0.05, 0) is 49.6 Å². The molecular formula is C20H22N2O4. The van der Waals surface area contributed by atoms with Crippen molar-refractivity contribution < 1.29 is 19.5 Å². The number of hydrogen-bond donors (Lipinski definition) is 3. The number of carbonyl (C=O) groups is 3. The van der Waals surface area contributed by atoms with Crippen molar-refractivity contribution in [1.29, 1.82) is 0 Å². The van der Waals surface area contributed by atoms with Crippen molar-refractivity contribution in [3.05, 3.63) is 64.7 Å². The zero-order valence-corrected chi connectivity index (χ0v) is 14.8. The molecule has 0 saturated carbocycles. The first-order chi connectivity index (χ1) is 12.3. The Kier molecular flexibility index (Phi) is 6.49. The molecule has 0 unspecified atom stereocenters.